The predicted octanol–water partition coefficient (Wildman–Crippen LogP) is 12.2. The molecule has 0 saturated heterocycles. The minimum Gasteiger partial charge on any atom is -0.310 e. The number of rotatable bonds is 7. The first-order valence-electron chi connectivity index (χ1n) is 19.0. The van der Waals surface area contributed by atoms with E-state index in [9.17, 15) is 5.26 Å². The van der Waals surface area contributed by atoms with Crippen LogP contribution in [-0.2, 0) is 0 Å². The van der Waals surface area contributed by atoms with E-state index in [1.165, 1.54) is 0 Å². The molecule has 10 rings (SSSR count). The third-order valence-corrected chi connectivity index (χ3v) is 10.3. The monoisotopic (exact) mass is 754 g/mol. The first kappa shape index (κ1) is 34.9. The van der Waals surface area contributed by atoms with Crippen molar-refractivity contribution in [2.75, 3.05) is 0 Å². The van der Waals surface area contributed by atoms with E-state index in [-0.39, 0.29) is 0 Å². The highest BCUT2D eigenvalue weighted by Crippen LogP contribution is 2.40. The summed E-state index contributed by atoms with van der Waals surface area (Å²) in [4.78, 5) is 29.4. The van der Waals surface area contributed by atoms with Crippen molar-refractivity contribution in [3.63, 3.8) is 0 Å². The second-order valence-electron chi connectivity index (χ2n) is 14.0. The Labute approximate surface area is 339 Å². The van der Waals surface area contributed by atoms with Crippen molar-refractivity contribution in [2.24, 2.45) is 0 Å². The summed E-state index contributed by atoms with van der Waals surface area (Å²) in [6.07, 6.45) is 0. The molecule has 8 nitrogen and oxygen atoms in total. The topological polar surface area (TPSA) is 97.5 Å². The van der Waals surface area contributed by atoms with E-state index in [4.69, 9.17) is 31.5 Å². The normalized spacial score (nSPS) is 11.0. The summed E-state index contributed by atoms with van der Waals surface area (Å²) in [6.45, 7) is 7.90. The van der Waals surface area contributed by atoms with Crippen molar-refractivity contribution < 1.29 is 0 Å². The number of aromatic nitrogens is 6. The first-order chi connectivity index (χ1) is 29.1. The Bertz CT molecular complexity index is 3090. The van der Waals surface area contributed by atoms with Crippen LogP contribution in [0.25, 0.3) is 100 Å². The Balaban J connectivity index is 1.30. The average molecular weight is 755 g/mol. The van der Waals surface area contributed by atoms with Gasteiger partial charge < -0.3 is 4.57 Å². The fourth-order valence-corrected chi connectivity index (χ4v) is 7.47. The largest absolute Gasteiger partial charge is 0.310 e. The third kappa shape index (κ3) is 6.53. The molecule has 0 amide bonds. The summed E-state index contributed by atoms with van der Waals surface area (Å²) in [5.74, 6) is 2.09. The quantitative estimate of drug-likeness (QED) is 0.150. The van der Waals surface area contributed by atoms with Gasteiger partial charge >= 0.3 is 0 Å². The lowest BCUT2D eigenvalue weighted by molar-refractivity contribution is 1.06. The van der Waals surface area contributed by atoms with Gasteiger partial charge in [-0.1, -0.05) is 146 Å². The lowest BCUT2D eigenvalue weighted by Crippen LogP contribution is -2.04. The minimum atomic E-state index is 0.447. The zero-order valence-electron chi connectivity index (χ0n) is 31.4. The molecular formula is C51H30N8. The van der Waals surface area contributed by atoms with E-state index in [1.807, 2.05) is 176 Å². The number of benzene rings is 7. The lowest BCUT2D eigenvalue weighted by Gasteiger charge is -2.17. The van der Waals surface area contributed by atoms with E-state index < -0.39 is 0 Å². The van der Waals surface area contributed by atoms with E-state index in [2.05, 4.69) is 21.5 Å². The van der Waals surface area contributed by atoms with Crippen molar-refractivity contribution in [1.29, 1.82) is 5.26 Å². The molecule has 0 aliphatic rings. The molecule has 0 saturated carbocycles. The van der Waals surface area contributed by atoms with Gasteiger partial charge in [-0.2, -0.15) is 5.26 Å². The Morgan fingerprint density at radius 2 is 0.932 bits per heavy atom. The number of hydrogen-bond donors (Lipinski definition) is 0. The van der Waals surface area contributed by atoms with Crippen molar-refractivity contribution >= 4 is 27.5 Å². The molecule has 0 fully saturated rings. The average Bonchev–Trinajstić information content (AvgIpc) is 3.64. The van der Waals surface area contributed by atoms with Crippen LogP contribution in [0.5, 0.6) is 0 Å². The number of fused-ring (bicyclic) bond motifs is 3. The second kappa shape index (κ2) is 14.8. The molecule has 274 valence electrons. The van der Waals surface area contributed by atoms with Gasteiger partial charge in [-0.3, -0.25) is 0 Å². The molecule has 0 N–H and O–H groups in total. The standard InChI is InChI=1S/C51H30N8/c1-53-39-24-26-41-40-25-22-33(32-52)28-46(40)59(47(41)30-39)45-27-23-38(44-31-43(34-14-6-2-7-15-34)54-48(55-44)35-16-8-3-9-17-35)29-42(45)51-57-49(36-18-10-4-11-19-36)56-50(58-51)37-20-12-5-13-21-37/h2-31H. The van der Waals surface area contributed by atoms with Gasteiger partial charge in [0.25, 0.3) is 0 Å². The van der Waals surface area contributed by atoms with Crippen LogP contribution in [0.3, 0.4) is 0 Å². The second-order valence-corrected chi connectivity index (χ2v) is 14.0. The molecule has 7 aromatic carbocycles. The van der Waals surface area contributed by atoms with Crippen LogP contribution in [-0.4, -0.2) is 29.5 Å². The van der Waals surface area contributed by atoms with Crippen LogP contribution in [0.1, 0.15) is 5.56 Å². The Morgan fingerprint density at radius 3 is 1.49 bits per heavy atom. The fourth-order valence-electron chi connectivity index (χ4n) is 7.47. The van der Waals surface area contributed by atoms with Gasteiger partial charge in [0, 0.05) is 49.7 Å². The van der Waals surface area contributed by atoms with Gasteiger partial charge in [-0.05, 0) is 36.4 Å². The van der Waals surface area contributed by atoms with Crippen LogP contribution in [0, 0.1) is 17.9 Å². The summed E-state index contributed by atoms with van der Waals surface area (Å²) >= 11 is 0. The van der Waals surface area contributed by atoms with Crippen molar-refractivity contribution in [2.45, 2.75) is 0 Å². The molecule has 0 aliphatic heterocycles. The summed E-state index contributed by atoms with van der Waals surface area (Å²) in [5.41, 5.74) is 10.0. The fraction of sp³-hybridized carbons (Fsp3) is 0. The van der Waals surface area contributed by atoms with Gasteiger partial charge in [0.2, 0.25) is 0 Å². The SMILES string of the molecule is [C-]#[N+]c1ccc2c3ccc(C#N)cc3n(-c3ccc(-c4cc(-c5ccccc5)nc(-c5ccccc5)n4)cc3-c3nc(-c4ccccc4)nc(-c4ccccc4)n3)c2c1. The molecule has 0 unspecified atom stereocenters. The maximum atomic E-state index is 10.1. The van der Waals surface area contributed by atoms with Gasteiger partial charge in [0.05, 0.1) is 40.8 Å². The van der Waals surface area contributed by atoms with Crippen molar-refractivity contribution in [3.05, 3.63) is 199 Å². The molecular weight excluding hydrogens is 725 g/mol. The zero-order valence-corrected chi connectivity index (χ0v) is 31.4. The Kier molecular flexibility index (Phi) is 8.76. The highest BCUT2D eigenvalue weighted by atomic mass is 15.1. The molecule has 10 aromatic rings. The Morgan fingerprint density at radius 1 is 0.441 bits per heavy atom. The van der Waals surface area contributed by atoms with Crippen LogP contribution >= 0.6 is 0 Å². The molecule has 0 bridgehead atoms. The zero-order chi connectivity index (χ0) is 39.7. The molecule has 3 aromatic heterocycles. The maximum Gasteiger partial charge on any atom is 0.189 e. The number of nitrogens with zero attached hydrogens (tertiary/aromatic N) is 8. The van der Waals surface area contributed by atoms with Crippen LogP contribution in [0.4, 0.5) is 5.69 Å². The number of hydrogen-bond acceptors (Lipinski definition) is 6. The van der Waals surface area contributed by atoms with Gasteiger partial charge in [-0.25, -0.2) is 29.8 Å². The van der Waals surface area contributed by atoms with Crippen LogP contribution in [0.2, 0.25) is 0 Å². The molecule has 0 spiro atoms. The van der Waals surface area contributed by atoms with Crippen molar-refractivity contribution in [1.82, 2.24) is 29.5 Å². The predicted molar refractivity (Wildman–Crippen MR) is 233 cm³/mol. The molecule has 3 heterocycles. The highest BCUT2D eigenvalue weighted by molar-refractivity contribution is 6.11. The smallest absolute Gasteiger partial charge is 0.189 e. The van der Waals surface area contributed by atoms with E-state index in [1.54, 1.807) is 0 Å². The lowest BCUT2D eigenvalue weighted by atomic mass is 10.0. The van der Waals surface area contributed by atoms with E-state index in [0.29, 0.717) is 40.1 Å². The first-order valence-corrected chi connectivity index (χ1v) is 19.0. The van der Waals surface area contributed by atoms with Gasteiger partial charge in [0.1, 0.15) is 0 Å². The third-order valence-electron chi connectivity index (χ3n) is 10.3. The van der Waals surface area contributed by atoms with Crippen LogP contribution < -0.4 is 0 Å². The van der Waals surface area contributed by atoms with E-state index >= 15 is 0 Å². The minimum absolute atomic E-state index is 0.447. The van der Waals surface area contributed by atoms with Gasteiger partial charge in [-0.15, -0.1) is 0 Å². The Hall–Kier alpha value is -8.59. The molecule has 59 heavy (non-hydrogen) atoms. The summed E-state index contributed by atoms with van der Waals surface area (Å²) in [6, 6.07) is 61.7. The summed E-state index contributed by atoms with van der Waals surface area (Å²) in [5, 5.41) is 12.0. The van der Waals surface area contributed by atoms with E-state index in [0.717, 1.165) is 66.7 Å². The maximum absolute atomic E-state index is 10.1. The van der Waals surface area contributed by atoms with Crippen molar-refractivity contribution in [3.8, 4) is 79.8 Å². The van der Waals surface area contributed by atoms with Crippen LogP contribution in [0.15, 0.2) is 182 Å². The molecule has 0 aliphatic carbocycles. The summed E-state index contributed by atoms with van der Waals surface area (Å²) in [7, 11) is 0. The molecule has 0 atom stereocenters. The molecule has 0 radical (unpaired) electrons. The summed E-state index contributed by atoms with van der Waals surface area (Å²) < 4.78 is 2.11. The highest BCUT2D eigenvalue weighted by Gasteiger charge is 2.22. The molecule has 8 heteroatoms. The number of nitriles is 1. The van der Waals surface area contributed by atoms with Gasteiger partial charge in [0.15, 0.2) is 29.0 Å².